The average Bonchev–Trinajstić information content (AvgIpc) is 2.64. The molecule has 0 aliphatic carbocycles. The summed E-state index contributed by atoms with van der Waals surface area (Å²) >= 11 is 6.02. The van der Waals surface area contributed by atoms with E-state index in [0.29, 0.717) is 22.1 Å². The number of amides is 1. The van der Waals surface area contributed by atoms with Gasteiger partial charge in [-0.1, -0.05) is 35.9 Å². The lowest BCUT2D eigenvalue weighted by molar-refractivity contribution is -0.116. The molecule has 0 aliphatic rings. The van der Waals surface area contributed by atoms with E-state index in [1.165, 1.54) is 13.2 Å². The summed E-state index contributed by atoms with van der Waals surface area (Å²) in [6, 6.07) is 12.3. The van der Waals surface area contributed by atoms with Crippen molar-refractivity contribution in [2.45, 2.75) is 6.10 Å². The highest BCUT2D eigenvalue weighted by Crippen LogP contribution is 2.29. The minimum Gasteiger partial charge on any atom is -0.493 e. The van der Waals surface area contributed by atoms with Gasteiger partial charge in [-0.2, -0.15) is 0 Å². The molecule has 1 amide bonds. The molecule has 0 aromatic heterocycles. The zero-order chi connectivity index (χ0) is 18.2. The van der Waals surface area contributed by atoms with Crippen molar-refractivity contribution in [1.29, 1.82) is 0 Å². The molecule has 2 rings (SSSR count). The van der Waals surface area contributed by atoms with E-state index in [9.17, 15) is 9.90 Å². The van der Waals surface area contributed by atoms with Crippen molar-refractivity contribution in [2.75, 3.05) is 20.8 Å². The van der Waals surface area contributed by atoms with E-state index in [0.717, 1.165) is 5.56 Å². The summed E-state index contributed by atoms with van der Waals surface area (Å²) in [6.07, 6.45) is 2.14. The number of hydrogen-bond donors (Lipinski definition) is 2. The number of methoxy groups -OCH3 is 2. The molecule has 6 heteroatoms. The number of hydrogen-bond acceptors (Lipinski definition) is 4. The number of ether oxygens (including phenoxy) is 2. The SMILES string of the molecule is COc1ccc(C(O)CNC(=O)/C=C/c2ccccc2Cl)cc1OC. The van der Waals surface area contributed by atoms with Gasteiger partial charge in [-0.3, -0.25) is 4.79 Å². The van der Waals surface area contributed by atoms with Crippen molar-refractivity contribution < 1.29 is 19.4 Å². The van der Waals surface area contributed by atoms with Crippen LogP contribution in [0.1, 0.15) is 17.2 Å². The lowest BCUT2D eigenvalue weighted by Gasteiger charge is -2.14. The van der Waals surface area contributed by atoms with Gasteiger partial charge in [-0.25, -0.2) is 0 Å². The van der Waals surface area contributed by atoms with Crippen LogP contribution in [0.15, 0.2) is 48.5 Å². The van der Waals surface area contributed by atoms with Gasteiger partial charge >= 0.3 is 0 Å². The van der Waals surface area contributed by atoms with E-state index in [1.807, 2.05) is 18.2 Å². The third kappa shape index (κ3) is 5.24. The Bertz CT molecular complexity index is 761. The summed E-state index contributed by atoms with van der Waals surface area (Å²) < 4.78 is 10.4. The number of halogens is 1. The third-order valence-electron chi connectivity index (χ3n) is 3.58. The molecule has 1 atom stereocenters. The van der Waals surface area contributed by atoms with Crippen LogP contribution in [0.25, 0.3) is 6.08 Å². The maximum Gasteiger partial charge on any atom is 0.244 e. The van der Waals surface area contributed by atoms with Gasteiger partial charge in [-0.05, 0) is 35.4 Å². The minimum absolute atomic E-state index is 0.0706. The van der Waals surface area contributed by atoms with Crippen molar-refractivity contribution in [3.63, 3.8) is 0 Å². The van der Waals surface area contributed by atoms with Crippen molar-refractivity contribution in [3.05, 3.63) is 64.7 Å². The van der Waals surface area contributed by atoms with Crippen LogP contribution < -0.4 is 14.8 Å². The zero-order valence-electron chi connectivity index (χ0n) is 14.0. The van der Waals surface area contributed by atoms with Crippen LogP contribution in [0.3, 0.4) is 0 Å². The van der Waals surface area contributed by atoms with Crippen LogP contribution in [0.5, 0.6) is 11.5 Å². The number of aliphatic hydroxyl groups is 1. The highest BCUT2D eigenvalue weighted by atomic mass is 35.5. The van der Waals surface area contributed by atoms with Crippen LogP contribution in [0.2, 0.25) is 5.02 Å². The van der Waals surface area contributed by atoms with Crippen LogP contribution in [0, 0.1) is 0 Å². The molecule has 0 bridgehead atoms. The maximum atomic E-state index is 11.9. The van der Waals surface area contributed by atoms with E-state index < -0.39 is 6.10 Å². The molecule has 132 valence electrons. The lowest BCUT2D eigenvalue weighted by Crippen LogP contribution is -2.26. The molecule has 25 heavy (non-hydrogen) atoms. The van der Waals surface area contributed by atoms with Crippen molar-refractivity contribution in [2.24, 2.45) is 0 Å². The Labute approximate surface area is 151 Å². The first-order valence-electron chi connectivity index (χ1n) is 7.65. The van der Waals surface area contributed by atoms with E-state index in [4.69, 9.17) is 21.1 Å². The van der Waals surface area contributed by atoms with E-state index in [2.05, 4.69) is 5.32 Å². The molecule has 0 spiro atoms. The zero-order valence-corrected chi connectivity index (χ0v) is 14.8. The number of rotatable bonds is 7. The van der Waals surface area contributed by atoms with Crippen molar-refractivity contribution >= 4 is 23.6 Å². The molecule has 0 saturated carbocycles. The number of benzene rings is 2. The summed E-state index contributed by atoms with van der Waals surface area (Å²) in [4.78, 5) is 11.9. The number of nitrogens with one attached hydrogen (secondary N) is 1. The molecule has 1 unspecified atom stereocenters. The first-order chi connectivity index (χ1) is 12.0. The minimum atomic E-state index is -0.863. The Morgan fingerprint density at radius 1 is 1.20 bits per heavy atom. The molecule has 2 N–H and O–H groups in total. The fraction of sp³-hybridized carbons (Fsp3) is 0.211. The largest absolute Gasteiger partial charge is 0.493 e. The first kappa shape index (κ1) is 18.8. The fourth-order valence-electron chi connectivity index (χ4n) is 2.21. The number of carbonyl (C=O) groups is 1. The molecule has 0 heterocycles. The summed E-state index contributed by atoms with van der Waals surface area (Å²) in [5.41, 5.74) is 1.37. The third-order valence-corrected chi connectivity index (χ3v) is 3.93. The molecule has 0 saturated heterocycles. The molecular formula is C19H20ClNO4. The average molecular weight is 362 g/mol. The molecule has 5 nitrogen and oxygen atoms in total. The van der Waals surface area contributed by atoms with Crippen molar-refractivity contribution in [3.8, 4) is 11.5 Å². The molecule has 0 fully saturated rings. The fourth-order valence-corrected chi connectivity index (χ4v) is 2.41. The highest BCUT2D eigenvalue weighted by Gasteiger charge is 2.12. The molecule has 2 aromatic carbocycles. The Balaban J connectivity index is 1.94. The molecule has 2 aromatic rings. The van der Waals surface area contributed by atoms with Gasteiger partial charge in [0.15, 0.2) is 11.5 Å². The smallest absolute Gasteiger partial charge is 0.244 e. The van der Waals surface area contributed by atoms with Gasteiger partial charge in [0.25, 0.3) is 0 Å². The van der Waals surface area contributed by atoms with Crippen LogP contribution in [-0.4, -0.2) is 31.8 Å². The highest BCUT2D eigenvalue weighted by molar-refractivity contribution is 6.32. The Kier molecular flexibility index (Phi) is 6.86. The molecular weight excluding hydrogens is 342 g/mol. The van der Waals surface area contributed by atoms with Gasteiger partial charge < -0.3 is 19.9 Å². The van der Waals surface area contributed by atoms with Gasteiger partial charge in [0.2, 0.25) is 5.91 Å². The maximum absolute atomic E-state index is 11.9. The number of carbonyl (C=O) groups excluding carboxylic acids is 1. The first-order valence-corrected chi connectivity index (χ1v) is 8.03. The van der Waals surface area contributed by atoms with Gasteiger partial charge in [-0.15, -0.1) is 0 Å². The quantitative estimate of drug-likeness (QED) is 0.743. The van der Waals surface area contributed by atoms with Crippen LogP contribution in [-0.2, 0) is 4.79 Å². The monoisotopic (exact) mass is 361 g/mol. The van der Waals surface area contributed by atoms with Gasteiger partial charge in [0, 0.05) is 17.6 Å². The second-order valence-corrected chi connectivity index (χ2v) is 5.64. The predicted molar refractivity (Wildman–Crippen MR) is 98.0 cm³/mol. The second-order valence-electron chi connectivity index (χ2n) is 5.23. The van der Waals surface area contributed by atoms with Crippen LogP contribution >= 0.6 is 11.6 Å². The predicted octanol–water partition coefficient (Wildman–Crippen LogP) is 3.22. The van der Waals surface area contributed by atoms with E-state index in [1.54, 1.807) is 37.5 Å². The Hall–Kier alpha value is -2.50. The lowest BCUT2D eigenvalue weighted by atomic mass is 10.1. The molecule has 0 aliphatic heterocycles. The normalized spacial score (nSPS) is 12.0. The summed E-state index contributed by atoms with van der Waals surface area (Å²) in [5, 5.41) is 13.4. The van der Waals surface area contributed by atoms with Crippen LogP contribution in [0.4, 0.5) is 0 Å². The topological polar surface area (TPSA) is 67.8 Å². The van der Waals surface area contributed by atoms with Gasteiger partial charge in [0.1, 0.15) is 0 Å². The summed E-state index contributed by atoms with van der Waals surface area (Å²) in [5.74, 6) is 0.772. The summed E-state index contributed by atoms with van der Waals surface area (Å²) in [7, 11) is 3.06. The Morgan fingerprint density at radius 2 is 1.92 bits per heavy atom. The van der Waals surface area contributed by atoms with Crippen molar-refractivity contribution in [1.82, 2.24) is 5.32 Å². The van der Waals surface area contributed by atoms with E-state index >= 15 is 0 Å². The van der Waals surface area contributed by atoms with Gasteiger partial charge in [0.05, 0.1) is 20.3 Å². The number of aliphatic hydroxyl groups excluding tert-OH is 1. The summed E-state index contributed by atoms with van der Waals surface area (Å²) in [6.45, 7) is 0.0706. The molecule has 0 radical (unpaired) electrons. The Morgan fingerprint density at radius 3 is 2.60 bits per heavy atom. The van der Waals surface area contributed by atoms with E-state index in [-0.39, 0.29) is 12.5 Å². The second kappa shape index (κ2) is 9.11. The standard InChI is InChI=1S/C19H20ClNO4/c1-24-17-9-7-14(11-18(17)25-2)16(22)12-21-19(23)10-8-13-5-3-4-6-15(13)20/h3-11,16,22H,12H2,1-2H3,(H,21,23)/b10-8+.